The van der Waals surface area contributed by atoms with Crippen molar-refractivity contribution in [1.82, 2.24) is 0 Å². The number of anilines is 1. The lowest BCUT2D eigenvalue weighted by Gasteiger charge is -2.11. The van der Waals surface area contributed by atoms with Crippen LogP contribution in [-0.2, 0) is 9.47 Å². The normalized spacial score (nSPS) is 10.7. The minimum Gasteiger partial charge on any atom is -0.487 e. The van der Waals surface area contributed by atoms with Crippen molar-refractivity contribution in [2.24, 2.45) is 0 Å². The lowest BCUT2D eigenvalue weighted by Crippen LogP contribution is -2.15. The molecule has 43 heavy (non-hydrogen) atoms. The number of ether oxygens (including phenoxy) is 3. The van der Waals surface area contributed by atoms with E-state index in [1.165, 1.54) is 108 Å². The number of nitrogens with zero attached hydrogens (tertiary/aromatic N) is 1. The molecule has 1 amide bonds. The van der Waals surface area contributed by atoms with Crippen LogP contribution in [0.4, 0.5) is 11.4 Å². The van der Waals surface area contributed by atoms with Crippen LogP contribution in [-0.4, -0.2) is 43.6 Å². The van der Waals surface area contributed by atoms with E-state index in [1.54, 1.807) is 0 Å². The van der Waals surface area contributed by atoms with Gasteiger partial charge in [-0.1, -0.05) is 90.4 Å². The Hall–Kier alpha value is -3.95. The fourth-order valence-corrected chi connectivity index (χ4v) is 4.79. The number of carbonyl (C=O) groups is 3. The minimum atomic E-state index is -0.785. The average Bonchev–Trinajstić information content (AvgIpc) is 3.01. The Balaban J connectivity index is 1.80. The maximum atomic E-state index is 12.9. The third-order valence-electron chi connectivity index (χ3n) is 7.26. The van der Waals surface area contributed by atoms with Crippen molar-refractivity contribution < 1.29 is 33.5 Å². The summed E-state index contributed by atoms with van der Waals surface area (Å²) in [5.74, 6) is -2.05. The topological polar surface area (TPSA) is 134 Å². The van der Waals surface area contributed by atoms with Gasteiger partial charge in [-0.3, -0.25) is 14.9 Å². The summed E-state index contributed by atoms with van der Waals surface area (Å²) in [6, 6.07) is 8.02. The van der Waals surface area contributed by atoms with Gasteiger partial charge in [0, 0.05) is 17.3 Å². The first-order valence-electron chi connectivity index (χ1n) is 15.4. The van der Waals surface area contributed by atoms with Crippen LogP contribution in [0.2, 0.25) is 0 Å². The van der Waals surface area contributed by atoms with Crippen molar-refractivity contribution >= 4 is 29.2 Å². The molecule has 0 heterocycles. The Morgan fingerprint density at radius 2 is 1.26 bits per heavy atom. The molecule has 236 valence electrons. The number of benzene rings is 2. The van der Waals surface area contributed by atoms with E-state index in [2.05, 4.69) is 17.0 Å². The van der Waals surface area contributed by atoms with Crippen molar-refractivity contribution in [3.8, 4) is 5.75 Å². The molecule has 10 nitrogen and oxygen atoms in total. The molecular weight excluding hydrogens is 552 g/mol. The number of nitro benzene ring substituents is 1. The number of methoxy groups -OCH3 is 2. The molecule has 0 aliphatic carbocycles. The molecule has 10 heteroatoms. The SMILES string of the molecule is CCCCCCCCCCCCCCCCOc1ccc(C(=O)Nc2ccc(C(=O)OC)c(C(=O)OC)c2)cc1[N+](=O)[O-]. The van der Waals surface area contributed by atoms with Crippen LogP contribution in [0, 0.1) is 10.1 Å². The molecule has 2 rings (SSSR count). The summed E-state index contributed by atoms with van der Waals surface area (Å²) in [6.07, 6.45) is 17.4. The smallest absolute Gasteiger partial charge is 0.338 e. The van der Waals surface area contributed by atoms with Crippen molar-refractivity contribution in [2.45, 2.75) is 96.8 Å². The first-order chi connectivity index (χ1) is 20.8. The van der Waals surface area contributed by atoms with Crippen LogP contribution >= 0.6 is 0 Å². The van der Waals surface area contributed by atoms with Gasteiger partial charge < -0.3 is 19.5 Å². The second kappa shape index (κ2) is 20.0. The van der Waals surface area contributed by atoms with E-state index in [4.69, 9.17) is 9.47 Å². The number of carbonyl (C=O) groups excluding carboxylic acids is 3. The number of hydrogen-bond donors (Lipinski definition) is 1. The zero-order valence-electron chi connectivity index (χ0n) is 25.8. The van der Waals surface area contributed by atoms with E-state index in [1.807, 2.05) is 0 Å². The number of hydrogen-bond acceptors (Lipinski definition) is 8. The lowest BCUT2D eigenvalue weighted by atomic mass is 10.0. The summed E-state index contributed by atoms with van der Waals surface area (Å²) in [6.45, 7) is 2.60. The highest BCUT2D eigenvalue weighted by Crippen LogP contribution is 2.29. The van der Waals surface area contributed by atoms with Crippen molar-refractivity contribution in [2.75, 3.05) is 26.1 Å². The zero-order chi connectivity index (χ0) is 31.5. The van der Waals surface area contributed by atoms with Crippen LogP contribution in [0.25, 0.3) is 0 Å². The van der Waals surface area contributed by atoms with Gasteiger partial charge in [0.05, 0.1) is 36.9 Å². The molecule has 0 saturated carbocycles. The van der Waals surface area contributed by atoms with Crippen LogP contribution in [0.3, 0.4) is 0 Å². The van der Waals surface area contributed by atoms with Gasteiger partial charge in [0.2, 0.25) is 0 Å². The number of nitrogens with one attached hydrogen (secondary N) is 1. The second-order valence-corrected chi connectivity index (χ2v) is 10.6. The van der Waals surface area contributed by atoms with E-state index in [0.29, 0.717) is 6.61 Å². The van der Waals surface area contributed by atoms with Gasteiger partial charge in [-0.15, -0.1) is 0 Å². The average molecular weight is 599 g/mol. The highest BCUT2D eigenvalue weighted by Gasteiger charge is 2.22. The summed E-state index contributed by atoms with van der Waals surface area (Å²) in [5.41, 5.74) is -0.200. The summed E-state index contributed by atoms with van der Waals surface area (Å²) < 4.78 is 15.1. The maximum Gasteiger partial charge on any atom is 0.338 e. The van der Waals surface area contributed by atoms with E-state index in [0.717, 1.165) is 32.4 Å². The standard InChI is InChI=1S/C33H46N2O8/c1-4-5-6-7-8-9-10-11-12-13-14-15-16-17-22-43-30-21-18-25(23-29(30)35(39)40)31(36)34-26-19-20-27(32(37)41-2)28(24-26)33(38)42-3/h18-21,23-24H,4-17,22H2,1-3H3,(H,34,36). The first kappa shape index (κ1) is 35.2. The fourth-order valence-electron chi connectivity index (χ4n) is 4.79. The van der Waals surface area contributed by atoms with Crippen LogP contribution in [0.15, 0.2) is 36.4 Å². The molecule has 0 fully saturated rings. The van der Waals surface area contributed by atoms with Gasteiger partial charge in [-0.25, -0.2) is 9.59 Å². The molecule has 0 unspecified atom stereocenters. The molecule has 1 N–H and O–H groups in total. The predicted octanol–water partition coefficient (Wildman–Crippen LogP) is 8.28. The van der Waals surface area contributed by atoms with Gasteiger partial charge in [0.15, 0.2) is 5.75 Å². The first-order valence-corrected chi connectivity index (χ1v) is 15.4. The molecule has 0 bridgehead atoms. The molecule has 0 aliphatic rings. The minimum absolute atomic E-state index is 0.0247. The van der Waals surface area contributed by atoms with Crippen LogP contribution < -0.4 is 10.1 Å². The van der Waals surface area contributed by atoms with Gasteiger partial charge in [0.25, 0.3) is 5.91 Å². The van der Waals surface area contributed by atoms with E-state index in [9.17, 15) is 24.5 Å². The summed E-state index contributed by atoms with van der Waals surface area (Å²) in [4.78, 5) is 48.1. The molecule has 0 saturated heterocycles. The zero-order valence-corrected chi connectivity index (χ0v) is 25.8. The van der Waals surface area contributed by atoms with Crippen LogP contribution in [0.5, 0.6) is 5.75 Å². The highest BCUT2D eigenvalue weighted by atomic mass is 16.6. The van der Waals surface area contributed by atoms with E-state index < -0.39 is 22.8 Å². The largest absolute Gasteiger partial charge is 0.487 e. The van der Waals surface area contributed by atoms with E-state index >= 15 is 0 Å². The second-order valence-electron chi connectivity index (χ2n) is 10.6. The molecule has 0 aromatic heterocycles. The third kappa shape index (κ3) is 12.4. The Morgan fingerprint density at radius 3 is 1.79 bits per heavy atom. The molecule has 0 atom stereocenters. The molecule has 2 aromatic rings. The lowest BCUT2D eigenvalue weighted by molar-refractivity contribution is -0.385. The third-order valence-corrected chi connectivity index (χ3v) is 7.26. The van der Waals surface area contributed by atoms with Crippen LogP contribution in [0.1, 0.15) is 128 Å². The maximum absolute atomic E-state index is 12.9. The number of nitro groups is 1. The van der Waals surface area contributed by atoms with Crippen molar-refractivity contribution in [3.63, 3.8) is 0 Å². The van der Waals surface area contributed by atoms with Crippen molar-refractivity contribution in [1.29, 1.82) is 0 Å². The number of rotatable bonds is 21. The van der Waals surface area contributed by atoms with E-state index in [-0.39, 0.29) is 33.8 Å². The molecular formula is C33H46N2O8. The molecule has 0 radical (unpaired) electrons. The molecule has 0 aliphatic heterocycles. The number of amides is 1. The quantitative estimate of drug-likeness (QED) is 0.0656. The van der Waals surface area contributed by atoms with Crippen molar-refractivity contribution in [3.05, 3.63) is 63.2 Å². The number of esters is 2. The van der Waals surface area contributed by atoms with Gasteiger partial charge in [-0.2, -0.15) is 0 Å². The van der Waals surface area contributed by atoms with Gasteiger partial charge in [-0.05, 0) is 36.8 Å². The number of unbranched alkanes of at least 4 members (excludes halogenated alkanes) is 13. The summed E-state index contributed by atoms with van der Waals surface area (Å²) >= 11 is 0. The Kier molecular flexibility index (Phi) is 16.4. The van der Waals surface area contributed by atoms with Gasteiger partial charge >= 0.3 is 17.6 Å². The summed E-state index contributed by atoms with van der Waals surface area (Å²) in [7, 11) is 2.34. The predicted molar refractivity (Wildman–Crippen MR) is 166 cm³/mol. The monoisotopic (exact) mass is 598 g/mol. The Morgan fingerprint density at radius 1 is 0.721 bits per heavy atom. The highest BCUT2D eigenvalue weighted by molar-refractivity contribution is 6.07. The van der Waals surface area contributed by atoms with Gasteiger partial charge in [0.1, 0.15) is 0 Å². The summed E-state index contributed by atoms with van der Waals surface area (Å²) in [5, 5.41) is 14.3. The Bertz CT molecular complexity index is 1200. The fraction of sp³-hybridized carbons (Fsp3) is 0.545. The molecule has 0 spiro atoms. The molecule has 2 aromatic carbocycles. The Labute approximate surface area is 254 Å².